The van der Waals surface area contributed by atoms with Gasteiger partial charge in [0.25, 0.3) is 0 Å². The van der Waals surface area contributed by atoms with Gasteiger partial charge in [0, 0.05) is 11.1 Å². The molecule has 0 aromatic heterocycles. The van der Waals surface area contributed by atoms with E-state index in [-0.39, 0.29) is 0 Å². The van der Waals surface area contributed by atoms with Crippen LogP contribution in [0.4, 0.5) is 0 Å². The number of aryl methyl sites for hydroxylation is 1. The predicted molar refractivity (Wildman–Crippen MR) is 79.4 cm³/mol. The van der Waals surface area contributed by atoms with Crippen molar-refractivity contribution in [2.75, 3.05) is 6.54 Å². The molecule has 0 radical (unpaired) electrons. The fourth-order valence-electron chi connectivity index (χ4n) is 3.14. The maximum absolute atomic E-state index is 6.48. The highest BCUT2D eigenvalue weighted by Gasteiger charge is 2.25. The van der Waals surface area contributed by atoms with Gasteiger partial charge in [-0.15, -0.1) is 0 Å². The topological polar surface area (TPSA) is 12.0 Å². The van der Waals surface area contributed by atoms with Crippen molar-refractivity contribution in [3.05, 3.63) is 33.3 Å². The van der Waals surface area contributed by atoms with E-state index in [1.807, 2.05) is 0 Å². The Balaban J connectivity index is 2.54. The number of hydrogen-bond donors (Lipinski definition) is 1. The van der Waals surface area contributed by atoms with Crippen molar-refractivity contribution in [3.8, 4) is 0 Å². The highest BCUT2D eigenvalue weighted by molar-refractivity contribution is 6.31. The molecule has 2 heteroatoms. The van der Waals surface area contributed by atoms with Crippen molar-refractivity contribution < 1.29 is 0 Å². The van der Waals surface area contributed by atoms with E-state index in [9.17, 15) is 0 Å². The van der Waals surface area contributed by atoms with Gasteiger partial charge in [0.05, 0.1) is 0 Å². The van der Waals surface area contributed by atoms with Crippen LogP contribution in [-0.4, -0.2) is 6.54 Å². The second-order valence-electron chi connectivity index (χ2n) is 5.68. The minimum Gasteiger partial charge on any atom is -0.310 e. The van der Waals surface area contributed by atoms with Crippen LogP contribution in [0.25, 0.3) is 0 Å². The van der Waals surface area contributed by atoms with Gasteiger partial charge in [0.1, 0.15) is 0 Å². The summed E-state index contributed by atoms with van der Waals surface area (Å²) in [6.45, 7) is 9.96. The number of rotatable bonds is 2. The molecule has 0 spiro atoms. The van der Waals surface area contributed by atoms with Crippen LogP contribution >= 0.6 is 11.6 Å². The molecule has 1 aromatic carbocycles. The maximum atomic E-state index is 6.48. The highest BCUT2D eigenvalue weighted by Crippen LogP contribution is 2.38. The molecule has 0 saturated heterocycles. The Morgan fingerprint density at radius 2 is 2.11 bits per heavy atom. The number of nitrogens with one attached hydrogen (secondary N) is 1. The van der Waals surface area contributed by atoms with Gasteiger partial charge in [-0.1, -0.05) is 25.4 Å². The van der Waals surface area contributed by atoms with Gasteiger partial charge in [-0.25, -0.2) is 0 Å². The molecule has 1 nitrogen and oxygen atoms in total. The van der Waals surface area contributed by atoms with Crippen LogP contribution in [0.15, 0.2) is 6.07 Å². The first-order valence-electron chi connectivity index (χ1n) is 7.06. The lowest BCUT2D eigenvalue weighted by atomic mass is 9.90. The molecular formula is C16H24ClN. The molecule has 2 rings (SSSR count). The van der Waals surface area contributed by atoms with Crippen LogP contribution in [0.3, 0.4) is 0 Å². The Bertz CT molecular complexity index is 439. The summed E-state index contributed by atoms with van der Waals surface area (Å²) in [5, 5.41) is 4.61. The van der Waals surface area contributed by atoms with Gasteiger partial charge in [-0.2, -0.15) is 0 Å². The second-order valence-corrected chi connectivity index (χ2v) is 6.09. The lowest BCUT2D eigenvalue weighted by Gasteiger charge is -2.24. The third-order valence-electron chi connectivity index (χ3n) is 4.28. The summed E-state index contributed by atoms with van der Waals surface area (Å²) in [5.41, 5.74) is 5.60. The van der Waals surface area contributed by atoms with Gasteiger partial charge in [-0.05, 0) is 73.9 Å². The fourth-order valence-corrected chi connectivity index (χ4v) is 3.50. The summed E-state index contributed by atoms with van der Waals surface area (Å²) >= 11 is 6.48. The molecule has 0 aliphatic heterocycles. The van der Waals surface area contributed by atoms with Crippen LogP contribution < -0.4 is 5.32 Å². The van der Waals surface area contributed by atoms with E-state index < -0.39 is 0 Å². The number of hydrogen-bond acceptors (Lipinski definition) is 1. The number of fused-ring (bicyclic) bond motifs is 1. The zero-order valence-electron chi connectivity index (χ0n) is 11.9. The molecule has 2 unspecified atom stereocenters. The Labute approximate surface area is 116 Å². The first-order valence-corrected chi connectivity index (χ1v) is 7.44. The van der Waals surface area contributed by atoms with E-state index >= 15 is 0 Å². The molecule has 1 aliphatic carbocycles. The monoisotopic (exact) mass is 265 g/mol. The van der Waals surface area contributed by atoms with E-state index in [1.54, 1.807) is 0 Å². The maximum Gasteiger partial charge on any atom is 0.0444 e. The number of benzene rings is 1. The van der Waals surface area contributed by atoms with Crippen molar-refractivity contribution >= 4 is 11.6 Å². The Morgan fingerprint density at radius 3 is 2.78 bits per heavy atom. The summed E-state index contributed by atoms with van der Waals surface area (Å²) in [5.74, 6) is 0.761. The van der Waals surface area contributed by atoms with Crippen molar-refractivity contribution in [1.29, 1.82) is 0 Å². The first kappa shape index (κ1) is 13.9. The molecule has 18 heavy (non-hydrogen) atoms. The molecule has 2 atom stereocenters. The van der Waals surface area contributed by atoms with Gasteiger partial charge in [0.15, 0.2) is 0 Å². The van der Waals surface area contributed by atoms with Crippen LogP contribution in [0, 0.1) is 19.8 Å². The van der Waals surface area contributed by atoms with Crippen LogP contribution in [0.5, 0.6) is 0 Å². The summed E-state index contributed by atoms with van der Waals surface area (Å²) in [4.78, 5) is 0. The highest BCUT2D eigenvalue weighted by atomic mass is 35.5. The molecule has 0 heterocycles. The lowest BCUT2D eigenvalue weighted by Crippen LogP contribution is -2.23. The molecule has 0 saturated carbocycles. The smallest absolute Gasteiger partial charge is 0.0444 e. The third kappa shape index (κ3) is 2.57. The van der Waals surface area contributed by atoms with E-state index in [4.69, 9.17) is 11.6 Å². The van der Waals surface area contributed by atoms with Crippen molar-refractivity contribution in [2.24, 2.45) is 5.92 Å². The van der Waals surface area contributed by atoms with Gasteiger partial charge < -0.3 is 5.32 Å². The van der Waals surface area contributed by atoms with Gasteiger partial charge >= 0.3 is 0 Å². The van der Waals surface area contributed by atoms with Gasteiger partial charge in [-0.3, -0.25) is 0 Å². The van der Waals surface area contributed by atoms with Crippen LogP contribution in [0.1, 0.15) is 55.0 Å². The molecule has 0 amide bonds. The Kier molecular flexibility index (Phi) is 4.34. The molecule has 1 aromatic rings. The number of halogens is 1. The molecule has 1 N–H and O–H groups in total. The molecule has 1 aliphatic rings. The van der Waals surface area contributed by atoms with Crippen molar-refractivity contribution in [2.45, 2.75) is 53.0 Å². The normalized spacial score (nSPS) is 23.6. The van der Waals surface area contributed by atoms with E-state index in [0.717, 1.165) is 23.9 Å². The Morgan fingerprint density at radius 1 is 1.39 bits per heavy atom. The zero-order chi connectivity index (χ0) is 13.3. The predicted octanol–water partition coefficient (Wildman–Crippen LogP) is 4.58. The summed E-state index contributed by atoms with van der Waals surface area (Å²) in [7, 11) is 0. The minimum absolute atomic E-state index is 0.472. The molecular weight excluding hydrogens is 242 g/mol. The van der Waals surface area contributed by atoms with E-state index in [1.165, 1.54) is 35.1 Å². The average molecular weight is 266 g/mol. The molecule has 0 bridgehead atoms. The quantitative estimate of drug-likeness (QED) is 0.772. The largest absolute Gasteiger partial charge is 0.310 e. The van der Waals surface area contributed by atoms with Crippen molar-refractivity contribution in [3.63, 3.8) is 0 Å². The second kappa shape index (κ2) is 5.63. The molecule has 100 valence electrons. The average Bonchev–Trinajstić information content (AvgIpc) is 2.47. The van der Waals surface area contributed by atoms with Crippen molar-refractivity contribution in [1.82, 2.24) is 5.32 Å². The Hall–Kier alpha value is -0.530. The van der Waals surface area contributed by atoms with E-state index in [0.29, 0.717) is 6.04 Å². The van der Waals surface area contributed by atoms with Crippen LogP contribution in [-0.2, 0) is 6.42 Å². The first-order chi connectivity index (χ1) is 8.54. The fraction of sp³-hybridized carbons (Fsp3) is 0.625. The minimum atomic E-state index is 0.472. The van der Waals surface area contributed by atoms with Gasteiger partial charge in [0.2, 0.25) is 0 Å². The van der Waals surface area contributed by atoms with E-state index in [2.05, 4.69) is 39.1 Å². The summed E-state index contributed by atoms with van der Waals surface area (Å²) in [6, 6.07) is 2.61. The summed E-state index contributed by atoms with van der Waals surface area (Å²) < 4.78 is 0. The van der Waals surface area contributed by atoms with Crippen LogP contribution in [0.2, 0.25) is 5.02 Å². The lowest BCUT2D eigenvalue weighted by molar-refractivity contribution is 0.414. The summed E-state index contributed by atoms with van der Waals surface area (Å²) in [6.07, 6.45) is 3.59. The molecule has 0 fully saturated rings. The third-order valence-corrected chi connectivity index (χ3v) is 4.61. The standard InChI is InChI=1S/C16H24ClN/c1-5-18-15-8-10(2)6-7-13-14(17)9-11(3)12(4)16(13)15/h9-10,15,18H,5-8H2,1-4H3. The zero-order valence-corrected chi connectivity index (χ0v) is 12.7. The SMILES string of the molecule is CCNC1CC(C)CCc2c(Cl)cc(C)c(C)c21.